The number of hydrogen-bond acceptors (Lipinski definition) is 3. The summed E-state index contributed by atoms with van der Waals surface area (Å²) >= 11 is 0. The molecule has 1 aliphatic heterocycles. The lowest BCUT2D eigenvalue weighted by atomic mass is 10.1. The minimum absolute atomic E-state index is 0.0831. The Balaban J connectivity index is 2.01. The van der Waals surface area contributed by atoms with Crippen molar-refractivity contribution in [2.45, 2.75) is 0 Å². The van der Waals surface area contributed by atoms with E-state index in [2.05, 4.69) is 0 Å². The largest absolute Gasteiger partial charge is 0.294 e. The fourth-order valence-corrected chi connectivity index (χ4v) is 2.97. The first-order valence-corrected chi connectivity index (χ1v) is 7.10. The van der Waals surface area contributed by atoms with Gasteiger partial charge in [-0.25, -0.2) is 8.78 Å². The summed E-state index contributed by atoms with van der Waals surface area (Å²) in [4.78, 5) is 13.7. The summed E-state index contributed by atoms with van der Waals surface area (Å²) < 4.78 is 37.3. The number of halogens is 2. The normalized spacial score (nSPS) is 17.9. The fourth-order valence-electron chi connectivity index (χ4n) is 1.84. The molecule has 0 saturated carbocycles. The van der Waals surface area contributed by atoms with Crippen LogP contribution in [-0.4, -0.2) is 46.0 Å². The van der Waals surface area contributed by atoms with Gasteiger partial charge < -0.3 is 0 Å². The molecule has 6 heteroatoms. The molecule has 0 bridgehead atoms. The predicted octanol–water partition coefficient (Wildman–Crippen LogP) is 1.21. The summed E-state index contributed by atoms with van der Waals surface area (Å²) in [5, 5.41) is 0. The Kier molecular flexibility index (Phi) is 4.19. The Morgan fingerprint density at radius 1 is 1.28 bits per heavy atom. The van der Waals surface area contributed by atoms with Gasteiger partial charge in [0, 0.05) is 41.5 Å². The lowest BCUT2D eigenvalue weighted by molar-refractivity contribution is 0.0932. The highest BCUT2D eigenvalue weighted by Crippen LogP contribution is 2.11. The number of carbonyl (C=O) groups excluding carboxylic acids is 1. The summed E-state index contributed by atoms with van der Waals surface area (Å²) in [5.74, 6) is -0.823. The zero-order chi connectivity index (χ0) is 13.1. The highest BCUT2D eigenvalue weighted by atomic mass is 32.2. The number of benzene rings is 1. The van der Waals surface area contributed by atoms with Crippen molar-refractivity contribution in [3.8, 4) is 0 Å². The minimum atomic E-state index is -0.833. The maximum atomic E-state index is 13.4. The van der Waals surface area contributed by atoms with Crippen molar-refractivity contribution in [2.24, 2.45) is 0 Å². The van der Waals surface area contributed by atoms with Gasteiger partial charge in [0.25, 0.3) is 0 Å². The van der Waals surface area contributed by atoms with Crippen LogP contribution in [0.4, 0.5) is 8.78 Å². The van der Waals surface area contributed by atoms with Crippen LogP contribution >= 0.6 is 0 Å². The SMILES string of the molecule is O=C(CN1CCS(=O)CC1)c1ccc(F)cc1F. The van der Waals surface area contributed by atoms with Gasteiger partial charge in [-0.1, -0.05) is 0 Å². The van der Waals surface area contributed by atoms with Crippen molar-refractivity contribution in [3.05, 3.63) is 35.4 Å². The number of nitrogens with zero attached hydrogens (tertiary/aromatic N) is 1. The molecule has 0 N–H and O–H groups in total. The van der Waals surface area contributed by atoms with Crippen molar-refractivity contribution in [1.29, 1.82) is 0 Å². The quantitative estimate of drug-likeness (QED) is 0.777. The lowest BCUT2D eigenvalue weighted by Gasteiger charge is -2.25. The van der Waals surface area contributed by atoms with E-state index in [1.165, 1.54) is 0 Å². The standard InChI is InChI=1S/C12H13F2NO2S/c13-9-1-2-10(11(14)7-9)12(16)8-15-3-5-18(17)6-4-15/h1-2,7H,3-6,8H2. The van der Waals surface area contributed by atoms with Crippen LogP contribution in [0.25, 0.3) is 0 Å². The van der Waals surface area contributed by atoms with Gasteiger partial charge in [-0.05, 0) is 12.1 Å². The molecule has 2 rings (SSSR count). The highest BCUT2D eigenvalue weighted by Gasteiger charge is 2.20. The Labute approximate surface area is 106 Å². The zero-order valence-electron chi connectivity index (χ0n) is 9.70. The maximum Gasteiger partial charge on any atom is 0.179 e. The number of hydrogen-bond donors (Lipinski definition) is 0. The van der Waals surface area contributed by atoms with Crippen molar-refractivity contribution in [3.63, 3.8) is 0 Å². The molecular weight excluding hydrogens is 260 g/mol. The highest BCUT2D eigenvalue weighted by molar-refractivity contribution is 7.85. The Hall–Kier alpha value is -1.14. The number of rotatable bonds is 3. The Bertz CT molecular complexity index is 483. The van der Waals surface area contributed by atoms with Gasteiger partial charge in [0.1, 0.15) is 11.6 Å². The minimum Gasteiger partial charge on any atom is -0.294 e. The first kappa shape index (κ1) is 13.3. The van der Waals surface area contributed by atoms with Gasteiger partial charge in [-0.15, -0.1) is 0 Å². The summed E-state index contributed by atoms with van der Waals surface area (Å²) in [6.07, 6.45) is 0. The molecule has 1 saturated heterocycles. The van der Waals surface area contributed by atoms with E-state index >= 15 is 0 Å². The molecular formula is C12H13F2NO2S. The third-order valence-corrected chi connectivity index (χ3v) is 4.14. The van der Waals surface area contributed by atoms with E-state index in [-0.39, 0.29) is 17.9 Å². The van der Waals surface area contributed by atoms with E-state index < -0.39 is 22.4 Å². The fraction of sp³-hybridized carbons (Fsp3) is 0.417. The summed E-state index contributed by atoms with van der Waals surface area (Å²) in [6.45, 7) is 1.22. The molecule has 0 unspecified atom stereocenters. The molecule has 0 radical (unpaired) electrons. The van der Waals surface area contributed by atoms with Crippen LogP contribution in [0.5, 0.6) is 0 Å². The second-order valence-electron chi connectivity index (χ2n) is 4.17. The van der Waals surface area contributed by atoms with E-state index in [1.54, 1.807) is 0 Å². The molecule has 0 aromatic heterocycles. The van der Waals surface area contributed by atoms with E-state index in [0.29, 0.717) is 30.7 Å². The molecule has 0 amide bonds. The van der Waals surface area contributed by atoms with E-state index in [9.17, 15) is 17.8 Å². The number of carbonyl (C=O) groups is 1. The second kappa shape index (κ2) is 5.67. The molecule has 1 aromatic carbocycles. The monoisotopic (exact) mass is 273 g/mol. The van der Waals surface area contributed by atoms with Gasteiger partial charge in [-0.3, -0.25) is 13.9 Å². The first-order chi connectivity index (χ1) is 8.56. The molecule has 0 atom stereocenters. The molecule has 1 fully saturated rings. The average molecular weight is 273 g/mol. The smallest absolute Gasteiger partial charge is 0.179 e. The lowest BCUT2D eigenvalue weighted by Crippen LogP contribution is -2.40. The summed E-state index contributed by atoms with van der Waals surface area (Å²) in [7, 11) is -0.804. The van der Waals surface area contributed by atoms with Gasteiger partial charge >= 0.3 is 0 Å². The van der Waals surface area contributed by atoms with Crippen molar-refractivity contribution >= 4 is 16.6 Å². The average Bonchev–Trinajstić information content (AvgIpc) is 2.32. The predicted molar refractivity (Wildman–Crippen MR) is 65.0 cm³/mol. The Morgan fingerprint density at radius 3 is 2.56 bits per heavy atom. The van der Waals surface area contributed by atoms with Crippen molar-refractivity contribution in [2.75, 3.05) is 31.1 Å². The number of ketones is 1. The Morgan fingerprint density at radius 2 is 1.94 bits per heavy atom. The number of Topliss-reactive ketones (excluding diaryl/α,β-unsaturated/α-hetero) is 1. The van der Waals surface area contributed by atoms with Gasteiger partial charge in [0.15, 0.2) is 5.78 Å². The van der Waals surface area contributed by atoms with E-state index in [0.717, 1.165) is 12.1 Å². The zero-order valence-corrected chi connectivity index (χ0v) is 10.5. The molecule has 1 aromatic rings. The topological polar surface area (TPSA) is 37.4 Å². The molecule has 98 valence electrons. The molecule has 3 nitrogen and oxygen atoms in total. The molecule has 1 aliphatic rings. The molecule has 0 aliphatic carbocycles. The van der Waals surface area contributed by atoms with Crippen LogP contribution in [0.15, 0.2) is 18.2 Å². The van der Waals surface area contributed by atoms with Crippen molar-refractivity contribution in [1.82, 2.24) is 4.90 Å². The molecule has 1 heterocycles. The van der Waals surface area contributed by atoms with Crippen LogP contribution < -0.4 is 0 Å². The van der Waals surface area contributed by atoms with Crippen LogP contribution in [0.2, 0.25) is 0 Å². The summed E-state index contributed by atoms with van der Waals surface area (Å²) in [6, 6.07) is 2.94. The van der Waals surface area contributed by atoms with Crippen LogP contribution in [0.1, 0.15) is 10.4 Å². The summed E-state index contributed by atoms with van der Waals surface area (Å²) in [5.41, 5.74) is -0.0944. The van der Waals surface area contributed by atoms with Crippen LogP contribution in [-0.2, 0) is 10.8 Å². The molecule has 0 spiro atoms. The van der Waals surface area contributed by atoms with Gasteiger partial charge in [0.05, 0.1) is 12.1 Å². The first-order valence-electron chi connectivity index (χ1n) is 5.62. The van der Waals surface area contributed by atoms with Gasteiger partial charge in [-0.2, -0.15) is 0 Å². The molecule has 18 heavy (non-hydrogen) atoms. The van der Waals surface area contributed by atoms with Crippen LogP contribution in [0.3, 0.4) is 0 Å². The third kappa shape index (κ3) is 3.20. The maximum absolute atomic E-state index is 13.4. The van der Waals surface area contributed by atoms with E-state index in [1.807, 2.05) is 4.90 Å². The second-order valence-corrected chi connectivity index (χ2v) is 5.87. The van der Waals surface area contributed by atoms with Gasteiger partial charge in [0.2, 0.25) is 0 Å². The van der Waals surface area contributed by atoms with Crippen LogP contribution in [0, 0.1) is 11.6 Å². The van der Waals surface area contributed by atoms with Crippen molar-refractivity contribution < 1.29 is 17.8 Å². The third-order valence-electron chi connectivity index (χ3n) is 2.87. The van der Waals surface area contributed by atoms with E-state index in [4.69, 9.17) is 0 Å².